The Kier molecular flexibility index (Phi) is 2.00. The highest BCUT2D eigenvalue weighted by atomic mass is 16.4. The number of nitrogens with zero attached hydrogens (tertiary/aromatic N) is 2. The van der Waals surface area contributed by atoms with Gasteiger partial charge in [0, 0.05) is 6.42 Å². The average Bonchev–Trinajstić information content (AvgIpc) is 2.41. The minimum atomic E-state index is -1.25. The molecule has 2 rings (SSSR count). The zero-order chi connectivity index (χ0) is 11.2. The van der Waals surface area contributed by atoms with E-state index in [2.05, 4.69) is 0 Å². The fourth-order valence-electron chi connectivity index (χ4n) is 1.74. The molecule has 1 aliphatic heterocycles. The third-order valence-corrected chi connectivity index (χ3v) is 2.38. The fourth-order valence-corrected chi connectivity index (χ4v) is 1.74. The molecule has 8 nitrogen and oxygen atoms in total. The van der Waals surface area contributed by atoms with Crippen LogP contribution in [0.3, 0.4) is 0 Å². The van der Waals surface area contributed by atoms with Crippen molar-refractivity contribution in [1.82, 2.24) is 14.3 Å². The quantitative estimate of drug-likeness (QED) is 0.488. The molecular formula is C7H9N3O5. The van der Waals surface area contributed by atoms with Gasteiger partial charge in [0.1, 0.15) is 0 Å². The number of nitrogens with one attached hydrogen (secondary N) is 1. The van der Waals surface area contributed by atoms with Crippen LogP contribution in [0.2, 0.25) is 0 Å². The van der Waals surface area contributed by atoms with Gasteiger partial charge in [0.2, 0.25) is 0 Å². The number of aromatic nitrogens is 3. The number of fused-ring (bicyclic) bond motifs is 1. The Morgan fingerprint density at radius 3 is 2.67 bits per heavy atom. The normalized spacial score (nSPS) is 24.9. The van der Waals surface area contributed by atoms with Crippen molar-refractivity contribution in [3.8, 4) is 0 Å². The standard InChI is InChI=1S/C7H9N3O5/c11-3-1-4(5(12)13)10-7(15)8-6(14)9(10)2-3/h3-4,11H,1-2H2,(H,12,13)(H,8,14,15). The second-order valence-electron chi connectivity index (χ2n) is 3.41. The largest absolute Gasteiger partial charge is 0.480 e. The lowest BCUT2D eigenvalue weighted by atomic mass is 10.1. The second-order valence-corrected chi connectivity index (χ2v) is 3.41. The van der Waals surface area contributed by atoms with Gasteiger partial charge in [-0.3, -0.25) is 4.98 Å². The number of carbonyl (C=O) groups is 1. The van der Waals surface area contributed by atoms with E-state index in [0.29, 0.717) is 0 Å². The Morgan fingerprint density at radius 1 is 1.40 bits per heavy atom. The van der Waals surface area contributed by atoms with E-state index < -0.39 is 29.5 Å². The zero-order valence-electron chi connectivity index (χ0n) is 7.58. The number of rotatable bonds is 1. The Labute approximate surface area is 82.4 Å². The van der Waals surface area contributed by atoms with Crippen LogP contribution in [0, 0.1) is 0 Å². The summed E-state index contributed by atoms with van der Waals surface area (Å²) in [5.41, 5.74) is -1.47. The maximum Gasteiger partial charge on any atom is 0.345 e. The van der Waals surface area contributed by atoms with Crippen LogP contribution < -0.4 is 11.4 Å². The Morgan fingerprint density at radius 2 is 2.07 bits per heavy atom. The third kappa shape index (κ3) is 1.38. The molecule has 2 heterocycles. The van der Waals surface area contributed by atoms with Crippen molar-refractivity contribution in [2.75, 3.05) is 0 Å². The molecule has 82 valence electrons. The molecule has 0 aliphatic carbocycles. The number of aliphatic hydroxyl groups is 1. The third-order valence-electron chi connectivity index (χ3n) is 2.38. The van der Waals surface area contributed by atoms with Gasteiger partial charge in [-0.1, -0.05) is 0 Å². The summed E-state index contributed by atoms with van der Waals surface area (Å²) in [7, 11) is 0. The molecule has 0 aromatic carbocycles. The van der Waals surface area contributed by atoms with Gasteiger partial charge < -0.3 is 10.2 Å². The number of hydrogen-bond donors (Lipinski definition) is 3. The van der Waals surface area contributed by atoms with Crippen LogP contribution in [0.5, 0.6) is 0 Å². The number of carboxylic acid groups (broad SMARTS) is 1. The molecule has 0 radical (unpaired) electrons. The van der Waals surface area contributed by atoms with E-state index >= 15 is 0 Å². The highest BCUT2D eigenvalue weighted by Gasteiger charge is 2.33. The summed E-state index contributed by atoms with van der Waals surface area (Å²) in [6, 6.07) is -1.19. The van der Waals surface area contributed by atoms with Gasteiger partial charge in [0.25, 0.3) is 0 Å². The lowest BCUT2D eigenvalue weighted by molar-refractivity contribution is -0.144. The first-order valence-corrected chi connectivity index (χ1v) is 4.33. The first-order valence-electron chi connectivity index (χ1n) is 4.33. The maximum absolute atomic E-state index is 11.2. The van der Waals surface area contributed by atoms with Crippen LogP contribution in [0.4, 0.5) is 0 Å². The molecule has 0 saturated heterocycles. The number of aliphatic carboxylic acids is 1. The maximum atomic E-state index is 11.2. The number of hydrogen-bond acceptors (Lipinski definition) is 4. The average molecular weight is 215 g/mol. The summed E-state index contributed by atoms with van der Waals surface area (Å²) < 4.78 is 1.74. The van der Waals surface area contributed by atoms with E-state index in [-0.39, 0.29) is 13.0 Å². The van der Waals surface area contributed by atoms with Crippen LogP contribution >= 0.6 is 0 Å². The van der Waals surface area contributed by atoms with E-state index in [9.17, 15) is 19.5 Å². The van der Waals surface area contributed by atoms with Crippen molar-refractivity contribution in [3.05, 3.63) is 21.0 Å². The topological polar surface area (TPSA) is 117 Å². The van der Waals surface area contributed by atoms with Crippen molar-refractivity contribution in [2.24, 2.45) is 0 Å². The van der Waals surface area contributed by atoms with Crippen LogP contribution in [0.25, 0.3) is 0 Å². The molecule has 2 atom stereocenters. The molecule has 0 bridgehead atoms. The van der Waals surface area contributed by atoms with Gasteiger partial charge in [0.05, 0.1) is 12.6 Å². The summed E-state index contributed by atoms with van der Waals surface area (Å²) >= 11 is 0. The van der Waals surface area contributed by atoms with Crippen molar-refractivity contribution >= 4 is 5.97 Å². The van der Waals surface area contributed by atoms with Crippen molar-refractivity contribution < 1.29 is 15.0 Å². The number of H-pyrrole nitrogens is 1. The summed E-state index contributed by atoms with van der Waals surface area (Å²) in [5.74, 6) is -1.25. The van der Waals surface area contributed by atoms with Gasteiger partial charge in [-0.2, -0.15) is 0 Å². The van der Waals surface area contributed by atoms with E-state index in [1.54, 1.807) is 0 Å². The first kappa shape index (κ1) is 9.71. The fraction of sp³-hybridized carbons (Fsp3) is 0.571. The number of aliphatic hydroxyl groups excluding tert-OH is 1. The monoisotopic (exact) mass is 215 g/mol. The smallest absolute Gasteiger partial charge is 0.345 e. The van der Waals surface area contributed by atoms with E-state index in [1.807, 2.05) is 4.98 Å². The molecule has 15 heavy (non-hydrogen) atoms. The van der Waals surface area contributed by atoms with E-state index in [4.69, 9.17) is 5.11 Å². The van der Waals surface area contributed by atoms with Crippen LogP contribution in [-0.4, -0.2) is 36.6 Å². The SMILES string of the molecule is O=C(O)C1CC(O)Cn2c(=O)[nH]c(=O)n21. The van der Waals surface area contributed by atoms with Crippen molar-refractivity contribution in [2.45, 2.75) is 25.1 Å². The molecule has 1 aliphatic rings. The predicted molar refractivity (Wildman–Crippen MR) is 46.6 cm³/mol. The summed E-state index contributed by atoms with van der Waals surface area (Å²) in [6.07, 6.45) is -1.01. The van der Waals surface area contributed by atoms with Crippen LogP contribution in [-0.2, 0) is 11.3 Å². The van der Waals surface area contributed by atoms with Crippen molar-refractivity contribution in [3.63, 3.8) is 0 Å². The van der Waals surface area contributed by atoms with E-state index in [0.717, 1.165) is 9.36 Å². The van der Waals surface area contributed by atoms with Gasteiger partial charge in [0.15, 0.2) is 6.04 Å². The lowest BCUT2D eigenvalue weighted by Gasteiger charge is -2.25. The van der Waals surface area contributed by atoms with Gasteiger partial charge >= 0.3 is 17.3 Å². The molecule has 0 fully saturated rings. The molecule has 0 saturated carbocycles. The summed E-state index contributed by atoms with van der Waals surface area (Å²) in [5, 5.41) is 18.2. The first-order chi connectivity index (χ1) is 7.00. The lowest BCUT2D eigenvalue weighted by Crippen LogP contribution is -2.43. The molecule has 3 N–H and O–H groups in total. The van der Waals surface area contributed by atoms with Gasteiger partial charge in [-0.25, -0.2) is 23.7 Å². The Hall–Kier alpha value is -1.83. The minimum absolute atomic E-state index is 0.0681. The Bertz CT molecular complexity index is 509. The molecule has 0 spiro atoms. The molecule has 8 heteroatoms. The second kappa shape index (κ2) is 3.09. The highest BCUT2D eigenvalue weighted by molar-refractivity contribution is 5.71. The van der Waals surface area contributed by atoms with Gasteiger partial charge in [-0.15, -0.1) is 0 Å². The highest BCUT2D eigenvalue weighted by Crippen LogP contribution is 2.17. The Balaban J connectivity index is 2.64. The van der Waals surface area contributed by atoms with Gasteiger partial charge in [-0.05, 0) is 0 Å². The number of aromatic amines is 1. The molecule has 0 amide bonds. The molecular weight excluding hydrogens is 206 g/mol. The van der Waals surface area contributed by atoms with Crippen molar-refractivity contribution in [1.29, 1.82) is 0 Å². The zero-order valence-corrected chi connectivity index (χ0v) is 7.58. The van der Waals surface area contributed by atoms with Crippen LogP contribution in [0.1, 0.15) is 12.5 Å². The minimum Gasteiger partial charge on any atom is -0.480 e. The van der Waals surface area contributed by atoms with Crippen LogP contribution in [0.15, 0.2) is 9.59 Å². The summed E-state index contributed by atoms with van der Waals surface area (Å²) in [4.78, 5) is 35.2. The molecule has 1 aromatic rings. The summed E-state index contributed by atoms with van der Waals surface area (Å²) in [6.45, 7) is -0.0681. The molecule has 1 aromatic heterocycles. The van der Waals surface area contributed by atoms with E-state index in [1.165, 1.54) is 0 Å². The molecule has 2 unspecified atom stereocenters. The number of carboxylic acids is 1. The predicted octanol–water partition coefficient (Wildman–Crippen LogP) is -2.27.